The van der Waals surface area contributed by atoms with Crippen LogP contribution in [0.25, 0.3) is 0 Å². The number of hydrogen-bond donors (Lipinski definition) is 1. The van der Waals surface area contributed by atoms with E-state index in [0.29, 0.717) is 12.3 Å². The molecule has 4 rings (SSSR count). The van der Waals surface area contributed by atoms with Crippen LogP contribution in [0.4, 0.5) is 5.69 Å². The van der Waals surface area contributed by atoms with Gasteiger partial charge in [0.1, 0.15) is 22.6 Å². The normalized spacial score (nSPS) is 17.6. The summed E-state index contributed by atoms with van der Waals surface area (Å²) >= 11 is 0. The molecule has 6 nitrogen and oxygen atoms in total. The summed E-state index contributed by atoms with van der Waals surface area (Å²) in [5, 5.41) is 3.39. The van der Waals surface area contributed by atoms with Crippen molar-refractivity contribution in [3.63, 3.8) is 0 Å². The van der Waals surface area contributed by atoms with Gasteiger partial charge in [-0.25, -0.2) is 8.42 Å². The zero-order valence-corrected chi connectivity index (χ0v) is 17.7. The number of hydrogen-bond acceptors (Lipinski definition) is 5. The first-order valence-corrected chi connectivity index (χ1v) is 11.2. The molecular weight excluding hydrogens is 400 g/mol. The van der Waals surface area contributed by atoms with Crippen LogP contribution in [-0.2, 0) is 16.6 Å². The SMILES string of the molecule is CCOc1ccc([C@H]2Nc3ccccc3S(=O)(=O)N2Cc2ccc(OC)cc2)cc1. The third kappa shape index (κ3) is 3.86. The third-order valence-electron chi connectivity index (χ3n) is 5.06. The van der Waals surface area contributed by atoms with Gasteiger partial charge in [-0.3, -0.25) is 0 Å². The molecule has 0 radical (unpaired) electrons. The van der Waals surface area contributed by atoms with Gasteiger partial charge in [0, 0.05) is 6.54 Å². The summed E-state index contributed by atoms with van der Waals surface area (Å²) in [4.78, 5) is 0.278. The van der Waals surface area contributed by atoms with E-state index < -0.39 is 16.2 Å². The molecule has 0 aromatic heterocycles. The molecule has 1 aliphatic rings. The highest BCUT2D eigenvalue weighted by molar-refractivity contribution is 7.89. The average Bonchev–Trinajstić information content (AvgIpc) is 2.77. The van der Waals surface area contributed by atoms with Gasteiger partial charge in [-0.1, -0.05) is 36.4 Å². The van der Waals surface area contributed by atoms with Gasteiger partial charge < -0.3 is 14.8 Å². The van der Waals surface area contributed by atoms with Crippen molar-refractivity contribution < 1.29 is 17.9 Å². The number of para-hydroxylation sites is 1. The lowest BCUT2D eigenvalue weighted by Gasteiger charge is -2.37. The fourth-order valence-corrected chi connectivity index (χ4v) is 5.22. The van der Waals surface area contributed by atoms with Crippen molar-refractivity contribution in [3.8, 4) is 11.5 Å². The van der Waals surface area contributed by atoms with Crippen molar-refractivity contribution in [3.05, 3.63) is 83.9 Å². The third-order valence-corrected chi connectivity index (χ3v) is 6.93. The highest BCUT2D eigenvalue weighted by Crippen LogP contribution is 2.39. The van der Waals surface area contributed by atoms with E-state index in [2.05, 4.69) is 5.32 Å². The minimum absolute atomic E-state index is 0.228. The molecule has 3 aromatic rings. The Morgan fingerprint density at radius 1 is 0.933 bits per heavy atom. The van der Waals surface area contributed by atoms with E-state index in [4.69, 9.17) is 9.47 Å². The molecule has 156 valence electrons. The van der Waals surface area contributed by atoms with E-state index in [1.807, 2.05) is 61.5 Å². The number of nitrogens with one attached hydrogen (secondary N) is 1. The largest absolute Gasteiger partial charge is 0.497 e. The maximum atomic E-state index is 13.5. The summed E-state index contributed by atoms with van der Waals surface area (Å²) in [6, 6.07) is 21.9. The van der Waals surface area contributed by atoms with Crippen LogP contribution < -0.4 is 14.8 Å². The summed E-state index contributed by atoms with van der Waals surface area (Å²) in [6.45, 7) is 2.73. The number of rotatable bonds is 6. The molecule has 1 heterocycles. The number of ether oxygens (including phenoxy) is 2. The molecule has 1 N–H and O–H groups in total. The summed E-state index contributed by atoms with van der Waals surface area (Å²) in [5.74, 6) is 1.48. The minimum Gasteiger partial charge on any atom is -0.497 e. The van der Waals surface area contributed by atoms with Crippen molar-refractivity contribution in [2.24, 2.45) is 0 Å². The maximum absolute atomic E-state index is 13.5. The molecular formula is C23H24N2O4S. The standard InChI is InChI=1S/C23H24N2O4S/c1-3-29-20-14-10-18(11-15-20)23-24-21-6-4-5-7-22(21)30(26,27)25(23)16-17-8-12-19(28-2)13-9-17/h4-15,23-24H,3,16H2,1-2H3/t23-/m0/s1. The van der Waals surface area contributed by atoms with Crippen molar-refractivity contribution in [1.29, 1.82) is 0 Å². The van der Waals surface area contributed by atoms with Crippen LogP contribution in [0.2, 0.25) is 0 Å². The Morgan fingerprint density at radius 3 is 2.27 bits per heavy atom. The molecule has 0 aliphatic carbocycles. The first kappa shape index (κ1) is 20.3. The van der Waals surface area contributed by atoms with E-state index in [1.165, 1.54) is 4.31 Å². The van der Waals surface area contributed by atoms with Gasteiger partial charge in [0.25, 0.3) is 0 Å². The number of fused-ring (bicyclic) bond motifs is 1. The highest BCUT2D eigenvalue weighted by Gasteiger charge is 2.38. The average molecular weight is 425 g/mol. The van der Waals surface area contributed by atoms with E-state index in [-0.39, 0.29) is 11.4 Å². The molecule has 1 aliphatic heterocycles. The Bertz CT molecular complexity index is 1110. The Kier molecular flexibility index (Phi) is 5.65. The van der Waals surface area contributed by atoms with E-state index in [1.54, 1.807) is 25.3 Å². The predicted octanol–water partition coefficient (Wildman–Crippen LogP) is 4.41. The Hall–Kier alpha value is -3.03. The molecule has 3 aromatic carbocycles. The number of methoxy groups -OCH3 is 1. The van der Waals surface area contributed by atoms with Crippen LogP contribution in [0.15, 0.2) is 77.7 Å². The van der Waals surface area contributed by atoms with Crippen LogP contribution in [-0.4, -0.2) is 26.4 Å². The maximum Gasteiger partial charge on any atom is 0.247 e. The zero-order valence-electron chi connectivity index (χ0n) is 16.9. The quantitative estimate of drug-likeness (QED) is 0.635. The van der Waals surface area contributed by atoms with Crippen LogP contribution >= 0.6 is 0 Å². The fraction of sp³-hybridized carbons (Fsp3) is 0.217. The van der Waals surface area contributed by atoms with Crippen LogP contribution in [0.5, 0.6) is 11.5 Å². The van der Waals surface area contributed by atoms with Gasteiger partial charge in [0.15, 0.2) is 0 Å². The number of anilines is 1. The van der Waals surface area contributed by atoms with Gasteiger partial charge >= 0.3 is 0 Å². The molecule has 0 saturated heterocycles. The summed E-state index contributed by atoms with van der Waals surface area (Å²) in [7, 11) is -2.10. The van der Waals surface area contributed by atoms with Crippen LogP contribution in [0.3, 0.4) is 0 Å². The number of benzene rings is 3. The smallest absolute Gasteiger partial charge is 0.247 e. The summed E-state index contributed by atoms with van der Waals surface area (Å²) < 4.78 is 39.3. The molecule has 0 spiro atoms. The molecule has 0 fully saturated rings. The molecule has 0 unspecified atom stereocenters. The van der Waals surface area contributed by atoms with Gasteiger partial charge in [0.05, 0.1) is 19.4 Å². The Balaban J connectivity index is 1.74. The summed E-state index contributed by atoms with van der Waals surface area (Å²) in [5.41, 5.74) is 2.31. The lowest BCUT2D eigenvalue weighted by atomic mass is 10.1. The van der Waals surface area contributed by atoms with Crippen molar-refractivity contribution in [2.45, 2.75) is 24.5 Å². The van der Waals surface area contributed by atoms with Gasteiger partial charge in [-0.05, 0) is 54.4 Å². The molecule has 1 atom stereocenters. The van der Waals surface area contributed by atoms with E-state index >= 15 is 0 Å². The summed E-state index contributed by atoms with van der Waals surface area (Å²) in [6.07, 6.45) is -0.539. The molecule has 0 bridgehead atoms. The highest BCUT2D eigenvalue weighted by atomic mass is 32.2. The Labute approximate surface area is 177 Å². The monoisotopic (exact) mass is 424 g/mol. The van der Waals surface area contributed by atoms with E-state index in [0.717, 1.165) is 22.6 Å². The predicted molar refractivity (Wildman–Crippen MR) is 116 cm³/mol. The minimum atomic E-state index is -3.71. The second-order valence-electron chi connectivity index (χ2n) is 6.94. The molecule has 30 heavy (non-hydrogen) atoms. The molecule has 7 heteroatoms. The second kappa shape index (κ2) is 8.38. The van der Waals surface area contributed by atoms with E-state index in [9.17, 15) is 8.42 Å². The van der Waals surface area contributed by atoms with Crippen molar-refractivity contribution in [1.82, 2.24) is 4.31 Å². The lowest BCUT2D eigenvalue weighted by Crippen LogP contribution is -2.42. The zero-order chi connectivity index (χ0) is 21.1. The first-order chi connectivity index (χ1) is 14.5. The molecule has 0 amide bonds. The van der Waals surface area contributed by atoms with Gasteiger partial charge in [-0.15, -0.1) is 0 Å². The Morgan fingerprint density at radius 2 is 1.60 bits per heavy atom. The van der Waals surface area contributed by atoms with Gasteiger partial charge in [-0.2, -0.15) is 4.31 Å². The molecule has 0 saturated carbocycles. The fourth-order valence-electron chi connectivity index (χ4n) is 3.54. The van der Waals surface area contributed by atoms with Crippen molar-refractivity contribution in [2.75, 3.05) is 19.0 Å². The number of nitrogens with zero attached hydrogens (tertiary/aromatic N) is 1. The number of sulfonamides is 1. The van der Waals surface area contributed by atoms with Crippen LogP contribution in [0, 0.1) is 0 Å². The topological polar surface area (TPSA) is 67.9 Å². The van der Waals surface area contributed by atoms with Crippen LogP contribution in [0.1, 0.15) is 24.2 Å². The van der Waals surface area contributed by atoms with Gasteiger partial charge in [0.2, 0.25) is 10.0 Å². The van der Waals surface area contributed by atoms with Crippen molar-refractivity contribution >= 4 is 15.7 Å². The first-order valence-electron chi connectivity index (χ1n) is 9.76. The lowest BCUT2D eigenvalue weighted by molar-refractivity contribution is 0.332. The second-order valence-corrected chi connectivity index (χ2v) is 8.80.